The van der Waals surface area contributed by atoms with Gasteiger partial charge in [-0.1, -0.05) is 38.1 Å². The van der Waals surface area contributed by atoms with Gasteiger partial charge in [0.25, 0.3) is 0 Å². The van der Waals surface area contributed by atoms with Gasteiger partial charge in [-0.2, -0.15) is 9.78 Å². The summed E-state index contributed by atoms with van der Waals surface area (Å²) in [5.74, 6) is 1.67. The summed E-state index contributed by atoms with van der Waals surface area (Å²) in [6.07, 6.45) is 3.34. The number of hydrogen-bond donors (Lipinski definition) is 1. The van der Waals surface area contributed by atoms with Crippen molar-refractivity contribution in [3.8, 4) is 11.6 Å². The lowest BCUT2D eigenvalue weighted by atomic mass is 10.0. The first-order chi connectivity index (χ1) is 10.6. The van der Waals surface area contributed by atoms with Crippen molar-refractivity contribution in [1.29, 1.82) is 0 Å². The zero-order chi connectivity index (χ0) is 15.5. The number of rotatable bonds is 4. The van der Waals surface area contributed by atoms with Gasteiger partial charge in [0.05, 0.1) is 12.5 Å². The fourth-order valence-corrected chi connectivity index (χ4v) is 2.23. The Kier molecular flexibility index (Phi) is 4.02. The minimum absolute atomic E-state index is 0.418. The summed E-state index contributed by atoms with van der Waals surface area (Å²) < 4.78 is 7.31. The highest BCUT2D eigenvalue weighted by Crippen LogP contribution is 2.17. The fraction of sp³-hybridized carbons (Fsp3) is 0.188. The van der Waals surface area contributed by atoms with Crippen molar-refractivity contribution in [1.82, 2.24) is 14.9 Å². The molecule has 0 aliphatic carbocycles. The van der Waals surface area contributed by atoms with Crippen LogP contribution in [0.15, 0.2) is 52.2 Å². The molecule has 0 amide bonds. The maximum atomic E-state index is 5.34. The predicted octanol–water partition coefficient (Wildman–Crippen LogP) is 4.21. The molecule has 0 aliphatic rings. The second-order valence-electron chi connectivity index (χ2n) is 5.21. The molecule has 2 aromatic heterocycles. The van der Waals surface area contributed by atoms with Crippen LogP contribution in [0.25, 0.3) is 11.6 Å². The zero-order valence-corrected chi connectivity index (χ0v) is 13.2. The number of nitrogens with zero attached hydrogens (tertiary/aromatic N) is 3. The first-order valence-electron chi connectivity index (χ1n) is 7.01. The summed E-state index contributed by atoms with van der Waals surface area (Å²) >= 11 is 5.21. The average Bonchev–Trinajstić information content (AvgIpc) is 3.15. The molecule has 0 saturated carbocycles. The second-order valence-corrected chi connectivity index (χ2v) is 5.59. The molecule has 0 atom stereocenters. The topological polar surface area (TPSA) is 59.1 Å². The van der Waals surface area contributed by atoms with Crippen molar-refractivity contribution in [2.45, 2.75) is 19.8 Å². The molecule has 0 aliphatic heterocycles. The Labute approximate surface area is 133 Å². The summed E-state index contributed by atoms with van der Waals surface area (Å²) in [5.41, 5.74) is 2.30. The second kappa shape index (κ2) is 6.11. The van der Waals surface area contributed by atoms with Gasteiger partial charge in [0.2, 0.25) is 10.6 Å². The number of H-pyrrole nitrogens is 1. The number of furan rings is 1. The van der Waals surface area contributed by atoms with E-state index in [-0.39, 0.29) is 0 Å². The quantitative estimate of drug-likeness (QED) is 0.580. The van der Waals surface area contributed by atoms with E-state index in [0.29, 0.717) is 22.3 Å². The van der Waals surface area contributed by atoms with Crippen LogP contribution < -0.4 is 0 Å². The number of aromatic amines is 1. The van der Waals surface area contributed by atoms with Crippen LogP contribution in [0.1, 0.15) is 30.9 Å². The average molecular weight is 312 g/mol. The lowest BCUT2D eigenvalue weighted by Crippen LogP contribution is -1.94. The lowest BCUT2D eigenvalue weighted by Gasteiger charge is -2.04. The molecule has 2 heterocycles. The van der Waals surface area contributed by atoms with Gasteiger partial charge in [0.15, 0.2) is 5.76 Å². The Morgan fingerprint density at radius 3 is 2.68 bits per heavy atom. The Morgan fingerprint density at radius 2 is 2.05 bits per heavy atom. The molecule has 5 nitrogen and oxygen atoms in total. The largest absolute Gasteiger partial charge is 0.461 e. The Balaban J connectivity index is 1.90. The summed E-state index contributed by atoms with van der Waals surface area (Å²) in [5, 5.41) is 11.3. The van der Waals surface area contributed by atoms with Gasteiger partial charge in [-0.25, -0.2) is 5.10 Å². The monoisotopic (exact) mass is 312 g/mol. The molecular formula is C16H16N4OS. The van der Waals surface area contributed by atoms with E-state index < -0.39 is 0 Å². The number of nitrogens with one attached hydrogen (secondary N) is 1. The van der Waals surface area contributed by atoms with Crippen LogP contribution >= 0.6 is 12.2 Å². The van der Waals surface area contributed by atoms with Gasteiger partial charge in [0, 0.05) is 0 Å². The highest BCUT2D eigenvalue weighted by atomic mass is 32.1. The van der Waals surface area contributed by atoms with Crippen molar-refractivity contribution in [3.05, 3.63) is 58.6 Å². The molecule has 112 valence electrons. The molecule has 0 radical (unpaired) electrons. The van der Waals surface area contributed by atoms with Crippen LogP contribution in [-0.2, 0) is 0 Å². The summed E-state index contributed by atoms with van der Waals surface area (Å²) in [7, 11) is 0. The Hall–Kier alpha value is -2.47. The maximum absolute atomic E-state index is 5.34. The number of hydrogen-bond acceptors (Lipinski definition) is 4. The van der Waals surface area contributed by atoms with Crippen molar-refractivity contribution in [2.75, 3.05) is 0 Å². The van der Waals surface area contributed by atoms with Crippen molar-refractivity contribution in [3.63, 3.8) is 0 Å². The molecule has 1 N–H and O–H groups in total. The summed E-state index contributed by atoms with van der Waals surface area (Å²) in [6.45, 7) is 4.34. The molecule has 1 aromatic carbocycles. The van der Waals surface area contributed by atoms with E-state index in [9.17, 15) is 0 Å². The minimum atomic E-state index is 0.418. The van der Waals surface area contributed by atoms with Gasteiger partial charge in [0.1, 0.15) is 0 Å². The molecule has 22 heavy (non-hydrogen) atoms. The van der Waals surface area contributed by atoms with Crippen LogP contribution in [0.2, 0.25) is 0 Å². The van der Waals surface area contributed by atoms with E-state index in [1.165, 1.54) is 5.56 Å². The van der Waals surface area contributed by atoms with Gasteiger partial charge < -0.3 is 4.42 Å². The van der Waals surface area contributed by atoms with E-state index in [1.807, 2.05) is 18.2 Å². The third-order valence-electron chi connectivity index (χ3n) is 3.32. The standard InChI is InChI=1S/C16H16N4OS/c1-11(2)13-7-5-12(6-8-13)10-17-20-15(18-19-16(20)22)14-4-3-9-21-14/h3-11H,1-2H3,(H,19,22)/b17-10+. The van der Waals surface area contributed by atoms with Crippen LogP contribution in [0.5, 0.6) is 0 Å². The fourth-order valence-electron chi connectivity index (χ4n) is 2.06. The highest BCUT2D eigenvalue weighted by molar-refractivity contribution is 7.71. The highest BCUT2D eigenvalue weighted by Gasteiger charge is 2.10. The van der Waals surface area contributed by atoms with Gasteiger partial charge in [-0.05, 0) is 41.4 Å². The number of benzene rings is 1. The van der Waals surface area contributed by atoms with Gasteiger partial charge in [-0.15, -0.1) is 5.10 Å². The first-order valence-corrected chi connectivity index (χ1v) is 7.41. The molecule has 3 rings (SSSR count). The molecule has 0 unspecified atom stereocenters. The normalized spacial score (nSPS) is 11.6. The molecule has 0 fully saturated rings. The van der Waals surface area contributed by atoms with E-state index >= 15 is 0 Å². The third-order valence-corrected chi connectivity index (χ3v) is 3.58. The van der Waals surface area contributed by atoms with Crippen LogP contribution in [-0.4, -0.2) is 21.1 Å². The molecule has 0 bridgehead atoms. The van der Waals surface area contributed by atoms with Crippen LogP contribution in [0, 0.1) is 4.77 Å². The summed E-state index contributed by atoms with van der Waals surface area (Å²) in [4.78, 5) is 0. The molecular weight excluding hydrogens is 296 g/mol. The SMILES string of the molecule is CC(C)c1ccc(/C=N/n2c(-c3ccco3)n[nH]c2=S)cc1. The zero-order valence-electron chi connectivity index (χ0n) is 12.4. The summed E-state index contributed by atoms with van der Waals surface area (Å²) in [6, 6.07) is 11.9. The van der Waals surface area contributed by atoms with Crippen LogP contribution in [0.4, 0.5) is 0 Å². The van der Waals surface area contributed by atoms with Crippen LogP contribution in [0.3, 0.4) is 0 Å². The van der Waals surface area contributed by atoms with Crippen molar-refractivity contribution >= 4 is 18.4 Å². The van der Waals surface area contributed by atoms with E-state index in [0.717, 1.165) is 5.56 Å². The third kappa shape index (κ3) is 2.92. The number of aromatic nitrogens is 3. The Bertz CT molecular complexity index is 826. The molecule has 0 saturated heterocycles. The minimum Gasteiger partial charge on any atom is -0.461 e. The maximum Gasteiger partial charge on any atom is 0.219 e. The predicted molar refractivity (Wildman–Crippen MR) is 88.6 cm³/mol. The first kappa shape index (κ1) is 14.5. The molecule has 0 spiro atoms. The van der Waals surface area contributed by atoms with Gasteiger partial charge in [-0.3, -0.25) is 0 Å². The lowest BCUT2D eigenvalue weighted by molar-refractivity contribution is 0.573. The van der Waals surface area contributed by atoms with E-state index in [4.69, 9.17) is 16.6 Å². The smallest absolute Gasteiger partial charge is 0.219 e. The van der Waals surface area contributed by atoms with E-state index in [1.54, 1.807) is 23.2 Å². The van der Waals surface area contributed by atoms with Gasteiger partial charge >= 0.3 is 0 Å². The Morgan fingerprint density at radius 1 is 1.27 bits per heavy atom. The van der Waals surface area contributed by atoms with E-state index in [2.05, 4.69) is 41.3 Å². The van der Waals surface area contributed by atoms with Crippen molar-refractivity contribution in [2.24, 2.45) is 5.10 Å². The molecule has 3 aromatic rings. The van der Waals surface area contributed by atoms with Crippen molar-refractivity contribution < 1.29 is 4.42 Å². The molecule has 6 heteroatoms.